The lowest BCUT2D eigenvalue weighted by Gasteiger charge is -2.22. The van der Waals surface area contributed by atoms with Crippen molar-refractivity contribution in [2.45, 2.75) is 19.3 Å². The minimum absolute atomic E-state index is 0.0645. The van der Waals surface area contributed by atoms with Crippen LogP contribution in [0.15, 0.2) is 215 Å². The van der Waals surface area contributed by atoms with Gasteiger partial charge in [0.1, 0.15) is 22.3 Å². The van der Waals surface area contributed by atoms with Crippen molar-refractivity contribution < 1.29 is 8.83 Å². The maximum Gasteiger partial charge on any atom is 0.160 e. The second-order valence-electron chi connectivity index (χ2n) is 17.8. The topological polar surface area (TPSA) is 52.1 Å². The molecule has 13 rings (SSSR count). The number of rotatable bonds is 6. The molecular formula is C61H40N2O2. The van der Waals surface area contributed by atoms with Crippen molar-refractivity contribution in [2.75, 3.05) is 0 Å². The molecule has 0 saturated carbocycles. The molecule has 3 heterocycles. The lowest BCUT2D eigenvalue weighted by molar-refractivity contribution is 0.660. The standard InChI is InChI=1S/C61H40N2O2/c1-61(2)52-17-9-6-14-46(52)47-27-24-42(35-53(47)61)37-20-22-39(23-21-37)55-36-54(38-12-4-3-5-13-38)62-60(63-55)45-31-43(40-25-28-58-50(33-40)48-15-7-10-18-56(48)64-58)30-44(32-45)41-26-29-59-51(34-41)49-16-8-11-19-57(49)65-59/h3-36H,1-2H3. The number of hydrogen-bond donors (Lipinski definition) is 0. The van der Waals surface area contributed by atoms with Crippen LogP contribution in [0.3, 0.4) is 0 Å². The summed E-state index contributed by atoms with van der Waals surface area (Å²) in [5.41, 5.74) is 20.2. The number of para-hydroxylation sites is 2. The fourth-order valence-electron chi connectivity index (χ4n) is 10.1. The molecule has 3 aromatic heterocycles. The quantitative estimate of drug-likeness (QED) is 0.167. The Morgan fingerprint density at radius 2 is 0.769 bits per heavy atom. The van der Waals surface area contributed by atoms with Gasteiger partial charge in [-0.05, 0) is 122 Å². The highest BCUT2D eigenvalue weighted by atomic mass is 16.3. The molecule has 0 unspecified atom stereocenters. The molecule has 0 aliphatic heterocycles. The Morgan fingerprint density at radius 3 is 1.42 bits per heavy atom. The van der Waals surface area contributed by atoms with Gasteiger partial charge in [-0.3, -0.25) is 0 Å². The summed E-state index contributed by atoms with van der Waals surface area (Å²) in [6.07, 6.45) is 0. The summed E-state index contributed by atoms with van der Waals surface area (Å²) in [6, 6.07) is 73.2. The fourth-order valence-corrected chi connectivity index (χ4v) is 10.1. The molecule has 0 amide bonds. The van der Waals surface area contributed by atoms with Crippen LogP contribution in [0.25, 0.3) is 122 Å². The van der Waals surface area contributed by atoms with Gasteiger partial charge in [-0.1, -0.05) is 153 Å². The second-order valence-corrected chi connectivity index (χ2v) is 17.8. The SMILES string of the molecule is CC1(C)c2ccccc2-c2ccc(-c3ccc(-c4cc(-c5ccccc5)nc(-c5cc(-c6ccc7oc8ccccc8c7c6)cc(-c6ccc7oc8ccccc8c7c6)c5)n4)cc3)cc21. The molecule has 12 aromatic rings. The maximum atomic E-state index is 6.25. The zero-order chi connectivity index (χ0) is 43.2. The van der Waals surface area contributed by atoms with Crippen LogP contribution in [-0.2, 0) is 5.41 Å². The summed E-state index contributed by atoms with van der Waals surface area (Å²) in [4.78, 5) is 10.7. The fraction of sp³-hybridized carbons (Fsp3) is 0.0492. The Balaban J connectivity index is 0.958. The van der Waals surface area contributed by atoms with Crippen molar-refractivity contribution >= 4 is 43.9 Å². The van der Waals surface area contributed by atoms with Gasteiger partial charge in [-0.25, -0.2) is 9.97 Å². The number of hydrogen-bond acceptors (Lipinski definition) is 4. The molecule has 0 fully saturated rings. The Kier molecular flexibility index (Phi) is 8.22. The van der Waals surface area contributed by atoms with Crippen LogP contribution in [-0.4, -0.2) is 9.97 Å². The van der Waals surface area contributed by atoms with Gasteiger partial charge in [0.2, 0.25) is 0 Å². The Labute approximate surface area is 376 Å². The third-order valence-corrected chi connectivity index (χ3v) is 13.5. The van der Waals surface area contributed by atoms with Crippen molar-refractivity contribution in [1.82, 2.24) is 9.97 Å². The van der Waals surface area contributed by atoms with Gasteiger partial charge in [0.15, 0.2) is 5.82 Å². The van der Waals surface area contributed by atoms with Crippen LogP contribution in [0.1, 0.15) is 25.0 Å². The zero-order valence-electron chi connectivity index (χ0n) is 35.8. The molecule has 0 saturated heterocycles. The molecule has 9 aromatic carbocycles. The number of nitrogens with zero attached hydrogens (tertiary/aromatic N) is 2. The summed E-state index contributed by atoms with van der Waals surface area (Å²) >= 11 is 0. The van der Waals surface area contributed by atoms with Crippen molar-refractivity contribution in [3.05, 3.63) is 217 Å². The van der Waals surface area contributed by atoms with E-state index in [-0.39, 0.29) is 5.41 Å². The van der Waals surface area contributed by atoms with E-state index in [2.05, 4.69) is 190 Å². The lowest BCUT2D eigenvalue weighted by atomic mass is 9.81. The van der Waals surface area contributed by atoms with Crippen LogP contribution in [0, 0.1) is 0 Å². The molecule has 0 bridgehead atoms. The van der Waals surface area contributed by atoms with Crippen LogP contribution in [0.2, 0.25) is 0 Å². The van der Waals surface area contributed by atoms with E-state index in [4.69, 9.17) is 18.8 Å². The number of aromatic nitrogens is 2. The number of benzene rings is 9. The first kappa shape index (κ1) is 37.2. The van der Waals surface area contributed by atoms with Crippen molar-refractivity contribution in [2.24, 2.45) is 0 Å². The van der Waals surface area contributed by atoms with E-state index in [0.29, 0.717) is 5.82 Å². The van der Waals surface area contributed by atoms with Crippen molar-refractivity contribution in [1.29, 1.82) is 0 Å². The third-order valence-electron chi connectivity index (χ3n) is 13.5. The highest BCUT2D eigenvalue weighted by Crippen LogP contribution is 2.49. The molecular weight excluding hydrogens is 793 g/mol. The molecule has 4 nitrogen and oxygen atoms in total. The zero-order valence-corrected chi connectivity index (χ0v) is 35.8. The Morgan fingerprint density at radius 1 is 0.308 bits per heavy atom. The lowest BCUT2D eigenvalue weighted by Crippen LogP contribution is -2.14. The second kappa shape index (κ2) is 14.3. The molecule has 65 heavy (non-hydrogen) atoms. The highest BCUT2D eigenvalue weighted by Gasteiger charge is 2.35. The third kappa shape index (κ3) is 6.13. The molecule has 4 heteroatoms. The van der Waals surface area contributed by atoms with Gasteiger partial charge < -0.3 is 8.83 Å². The molecule has 306 valence electrons. The summed E-state index contributed by atoms with van der Waals surface area (Å²) in [5.74, 6) is 0.652. The predicted molar refractivity (Wildman–Crippen MR) is 267 cm³/mol. The first-order valence-corrected chi connectivity index (χ1v) is 22.2. The summed E-state index contributed by atoms with van der Waals surface area (Å²) in [5, 5.41) is 4.35. The smallest absolute Gasteiger partial charge is 0.160 e. The molecule has 1 aliphatic carbocycles. The predicted octanol–water partition coefficient (Wildman–Crippen LogP) is 16.6. The highest BCUT2D eigenvalue weighted by molar-refractivity contribution is 6.08. The van der Waals surface area contributed by atoms with E-state index in [0.717, 1.165) is 94.2 Å². The molecule has 1 aliphatic rings. The van der Waals surface area contributed by atoms with Gasteiger partial charge >= 0.3 is 0 Å². The van der Waals surface area contributed by atoms with E-state index in [1.165, 1.54) is 33.4 Å². The van der Waals surface area contributed by atoms with Gasteiger partial charge in [0, 0.05) is 43.7 Å². The summed E-state index contributed by atoms with van der Waals surface area (Å²) in [6.45, 7) is 4.67. The van der Waals surface area contributed by atoms with E-state index < -0.39 is 0 Å². The summed E-state index contributed by atoms with van der Waals surface area (Å²) in [7, 11) is 0. The first-order chi connectivity index (χ1) is 31.9. The van der Waals surface area contributed by atoms with Gasteiger partial charge in [-0.2, -0.15) is 0 Å². The summed E-state index contributed by atoms with van der Waals surface area (Å²) < 4.78 is 12.5. The van der Waals surface area contributed by atoms with Crippen LogP contribution < -0.4 is 0 Å². The molecule has 0 spiro atoms. The first-order valence-electron chi connectivity index (χ1n) is 22.2. The average molecular weight is 833 g/mol. The minimum Gasteiger partial charge on any atom is -0.456 e. The van der Waals surface area contributed by atoms with E-state index >= 15 is 0 Å². The number of furan rings is 2. The van der Waals surface area contributed by atoms with E-state index in [1.54, 1.807) is 0 Å². The van der Waals surface area contributed by atoms with Crippen molar-refractivity contribution in [3.8, 4) is 78.4 Å². The monoisotopic (exact) mass is 832 g/mol. The molecule has 0 atom stereocenters. The van der Waals surface area contributed by atoms with E-state index in [1.807, 2.05) is 30.3 Å². The van der Waals surface area contributed by atoms with Crippen LogP contribution in [0.5, 0.6) is 0 Å². The van der Waals surface area contributed by atoms with Crippen LogP contribution in [0.4, 0.5) is 0 Å². The van der Waals surface area contributed by atoms with Gasteiger partial charge in [0.05, 0.1) is 11.4 Å². The van der Waals surface area contributed by atoms with Gasteiger partial charge in [0.25, 0.3) is 0 Å². The number of fused-ring (bicyclic) bond motifs is 9. The Bertz CT molecular complexity index is 3720. The largest absolute Gasteiger partial charge is 0.456 e. The molecule has 0 radical (unpaired) electrons. The average Bonchev–Trinajstić information content (AvgIpc) is 4.00. The van der Waals surface area contributed by atoms with E-state index in [9.17, 15) is 0 Å². The normalized spacial score (nSPS) is 12.9. The van der Waals surface area contributed by atoms with Crippen molar-refractivity contribution in [3.63, 3.8) is 0 Å². The minimum atomic E-state index is -0.0645. The molecule has 0 N–H and O–H groups in total. The van der Waals surface area contributed by atoms with Gasteiger partial charge in [-0.15, -0.1) is 0 Å². The Hall–Kier alpha value is -8.34. The van der Waals surface area contributed by atoms with Crippen LogP contribution >= 0.6 is 0 Å². The maximum absolute atomic E-state index is 6.25.